The van der Waals surface area contributed by atoms with Gasteiger partial charge in [0.2, 0.25) is 0 Å². The Morgan fingerprint density at radius 3 is 2.90 bits per heavy atom. The highest BCUT2D eigenvalue weighted by Crippen LogP contribution is 2.09. The third-order valence-electron chi connectivity index (χ3n) is 1.36. The lowest BCUT2D eigenvalue weighted by molar-refractivity contribution is 0.539. The molecule has 1 rings (SSSR count). The van der Waals surface area contributed by atoms with Crippen LogP contribution < -0.4 is 0 Å². The number of allylic oxidation sites excluding steroid dienone is 3. The average molecular weight is 157 g/mol. The van der Waals surface area contributed by atoms with Gasteiger partial charge in [0.15, 0.2) is 0 Å². The highest BCUT2D eigenvalue weighted by molar-refractivity contribution is 7.79. The van der Waals surface area contributed by atoms with Gasteiger partial charge in [-0.15, -0.1) is 0 Å². The lowest BCUT2D eigenvalue weighted by Gasteiger charge is -2.08. The van der Waals surface area contributed by atoms with Gasteiger partial charge < -0.3 is 4.55 Å². The zero-order valence-electron chi connectivity index (χ0n) is 5.58. The number of hydrogen-bond donors (Lipinski definition) is 0. The van der Waals surface area contributed by atoms with Gasteiger partial charge in [-0.05, 0) is 18.4 Å². The third-order valence-corrected chi connectivity index (χ3v) is 1.93. The van der Waals surface area contributed by atoms with E-state index in [2.05, 4.69) is 0 Å². The van der Waals surface area contributed by atoms with Gasteiger partial charge in [0.05, 0.1) is 0 Å². The van der Waals surface area contributed by atoms with Crippen LogP contribution in [-0.2, 0) is 11.1 Å². The summed E-state index contributed by atoms with van der Waals surface area (Å²) in [6.45, 7) is 0. The molecule has 0 aromatic heterocycles. The second-order valence-corrected chi connectivity index (χ2v) is 3.10. The minimum Gasteiger partial charge on any atom is -0.772 e. The van der Waals surface area contributed by atoms with Crippen LogP contribution in [0.5, 0.6) is 0 Å². The predicted octanol–water partition coefficient (Wildman–Crippen LogP) is 1.14. The molecule has 0 N–H and O–H groups in total. The summed E-state index contributed by atoms with van der Waals surface area (Å²) in [5.74, 6) is 0.163. The summed E-state index contributed by atoms with van der Waals surface area (Å²) in [6.07, 6.45) is 7.86. The van der Waals surface area contributed by atoms with Gasteiger partial charge in [0, 0.05) is 5.75 Å². The molecule has 0 fully saturated rings. The quantitative estimate of drug-likeness (QED) is 0.564. The topological polar surface area (TPSA) is 40.1 Å². The second-order valence-electron chi connectivity index (χ2n) is 2.21. The summed E-state index contributed by atoms with van der Waals surface area (Å²) in [6, 6.07) is 0. The molecule has 10 heavy (non-hydrogen) atoms. The zero-order valence-corrected chi connectivity index (χ0v) is 6.39. The van der Waals surface area contributed by atoms with Crippen molar-refractivity contribution in [2.24, 2.45) is 0 Å². The van der Waals surface area contributed by atoms with E-state index >= 15 is 0 Å². The van der Waals surface area contributed by atoms with Crippen LogP contribution in [0.15, 0.2) is 23.8 Å². The fourth-order valence-electron chi connectivity index (χ4n) is 0.911. The zero-order chi connectivity index (χ0) is 7.40. The van der Waals surface area contributed by atoms with Gasteiger partial charge in [-0.1, -0.05) is 29.3 Å². The lowest BCUT2D eigenvalue weighted by Crippen LogP contribution is -1.98. The molecule has 1 atom stereocenters. The van der Waals surface area contributed by atoms with Crippen LogP contribution in [0.1, 0.15) is 12.8 Å². The Kier molecular flexibility index (Phi) is 2.83. The standard InChI is InChI=1S/C7H10O2S/c8-10(9)6-7-4-2-1-3-5-7/h2,4-5H,1,3,6H2,(H,8,9)/p-1. The van der Waals surface area contributed by atoms with E-state index in [9.17, 15) is 8.76 Å². The molecule has 0 radical (unpaired) electrons. The smallest absolute Gasteiger partial charge is 0.0349 e. The minimum absolute atomic E-state index is 0.163. The van der Waals surface area contributed by atoms with Crippen LogP contribution in [0.3, 0.4) is 0 Å². The maximum Gasteiger partial charge on any atom is 0.0349 e. The van der Waals surface area contributed by atoms with E-state index in [0.29, 0.717) is 0 Å². The van der Waals surface area contributed by atoms with Gasteiger partial charge >= 0.3 is 0 Å². The molecule has 0 amide bonds. The van der Waals surface area contributed by atoms with Gasteiger partial charge in [0.1, 0.15) is 0 Å². The molecule has 1 unspecified atom stereocenters. The van der Waals surface area contributed by atoms with Crippen molar-refractivity contribution in [2.45, 2.75) is 12.8 Å². The monoisotopic (exact) mass is 157 g/mol. The first-order valence-corrected chi connectivity index (χ1v) is 4.45. The fraction of sp³-hybridized carbons (Fsp3) is 0.429. The number of hydrogen-bond acceptors (Lipinski definition) is 2. The Bertz CT molecular complexity index is 194. The lowest BCUT2D eigenvalue weighted by atomic mass is 10.1. The normalized spacial score (nSPS) is 20.3. The first-order valence-electron chi connectivity index (χ1n) is 3.20. The maximum atomic E-state index is 10.2. The highest BCUT2D eigenvalue weighted by atomic mass is 32.2. The largest absolute Gasteiger partial charge is 0.772 e. The molecule has 0 spiro atoms. The van der Waals surface area contributed by atoms with E-state index < -0.39 is 11.1 Å². The molecule has 1 aliphatic rings. The van der Waals surface area contributed by atoms with Gasteiger partial charge in [0.25, 0.3) is 0 Å². The Labute approximate surface area is 62.9 Å². The van der Waals surface area contributed by atoms with Crippen molar-refractivity contribution in [3.63, 3.8) is 0 Å². The summed E-state index contributed by atoms with van der Waals surface area (Å²) in [4.78, 5) is 0. The third kappa shape index (κ3) is 2.45. The molecule has 0 bridgehead atoms. The van der Waals surface area contributed by atoms with Crippen molar-refractivity contribution in [3.05, 3.63) is 23.8 Å². The van der Waals surface area contributed by atoms with E-state index in [1.165, 1.54) is 0 Å². The van der Waals surface area contributed by atoms with Crippen molar-refractivity contribution >= 4 is 11.1 Å². The van der Waals surface area contributed by atoms with Crippen molar-refractivity contribution in [3.8, 4) is 0 Å². The molecule has 1 aliphatic carbocycles. The van der Waals surface area contributed by atoms with Gasteiger partial charge in [-0.3, -0.25) is 4.21 Å². The molecule has 0 aromatic carbocycles. The van der Waals surface area contributed by atoms with E-state index in [0.717, 1.165) is 18.4 Å². The van der Waals surface area contributed by atoms with Crippen molar-refractivity contribution in [1.82, 2.24) is 0 Å². The maximum absolute atomic E-state index is 10.2. The van der Waals surface area contributed by atoms with Crippen LogP contribution in [0.4, 0.5) is 0 Å². The van der Waals surface area contributed by atoms with E-state index in [1.807, 2.05) is 18.2 Å². The summed E-state index contributed by atoms with van der Waals surface area (Å²) >= 11 is -1.93. The first-order chi connectivity index (χ1) is 4.79. The van der Waals surface area contributed by atoms with Crippen LogP contribution >= 0.6 is 0 Å². The molecule has 0 saturated carbocycles. The van der Waals surface area contributed by atoms with Crippen molar-refractivity contribution < 1.29 is 8.76 Å². The molecule has 0 saturated heterocycles. The number of rotatable bonds is 2. The van der Waals surface area contributed by atoms with Gasteiger partial charge in [-0.2, -0.15) is 0 Å². The Hall–Kier alpha value is -0.410. The molecule has 3 heteroatoms. The predicted molar refractivity (Wildman–Crippen MR) is 40.2 cm³/mol. The molecule has 2 nitrogen and oxygen atoms in total. The van der Waals surface area contributed by atoms with E-state index in [4.69, 9.17) is 0 Å². The van der Waals surface area contributed by atoms with Gasteiger partial charge in [-0.25, -0.2) is 0 Å². The highest BCUT2D eigenvalue weighted by Gasteiger charge is 1.95. The Morgan fingerprint density at radius 1 is 1.60 bits per heavy atom. The first kappa shape index (κ1) is 7.69. The molecule has 0 aromatic rings. The summed E-state index contributed by atoms with van der Waals surface area (Å²) in [5, 5.41) is 0. The minimum atomic E-state index is -1.93. The summed E-state index contributed by atoms with van der Waals surface area (Å²) in [5.41, 5.74) is 0.916. The SMILES string of the molecule is O=S([O-])CC1=CCCC=C1. The van der Waals surface area contributed by atoms with Crippen molar-refractivity contribution in [2.75, 3.05) is 5.75 Å². The van der Waals surface area contributed by atoms with E-state index in [1.54, 1.807) is 0 Å². The fourth-order valence-corrected chi connectivity index (χ4v) is 1.40. The molecule has 0 aliphatic heterocycles. The molecule has 0 heterocycles. The summed E-state index contributed by atoms with van der Waals surface area (Å²) in [7, 11) is 0. The van der Waals surface area contributed by atoms with E-state index in [-0.39, 0.29) is 5.75 Å². The van der Waals surface area contributed by atoms with Crippen LogP contribution in [0.25, 0.3) is 0 Å². The Morgan fingerprint density at radius 2 is 2.40 bits per heavy atom. The molecular formula is C7H9O2S-. The van der Waals surface area contributed by atoms with Crippen molar-refractivity contribution in [1.29, 1.82) is 0 Å². The van der Waals surface area contributed by atoms with Crippen LogP contribution in [-0.4, -0.2) is 14.5 Å². The molecule has 56 valence electrons. The average Bonchev–Trinajstić information content (AvgIpc) is 1.88. The summed E-state index contributed by atoms with van der Waals surface area (Å²) < 4.78 is 20.4. The molecular weight excluding hydrogens is 148 g/mol. The van der Waals surface area contributed by atoms with Crippen LogP contribution in [0.2, 0.25) is 0 Å². The Balaban J connectivity index is 2.48. The second kappa shape index (κ2) is 3.68. The van der Waals surface area contributed by atoms with Crippen LogP contribution in [0, 0.1) is 0 Å².